The Hall–Kier alpha value is -3.06. The van der Waals surface area contributed by atoms with E-state index in [0.29, 0.717) is 68.4 Å². The highest BCUT2D eigenvalue weighted by Crippen LogP contribution is 2.51. The monoisotopic (exact) mass is 930 g/mol. The van der Waals surface area contributed by atoms with E-state index >= 15 is 0 Å². The summed E-state index contributed by atoms with van der Waals surface area (Å²) in [4.78, 5) is 3.36. The first-order valence-corrected chi connectivity index (χ1v) is 27.1. The molecule has 4 aliphatic carbocycles. The van der Waals surface area contributed by atoms with E-state index in [1.54, 1.807) is 21.6 Å². The van der Waals surface area contributed by atoms with Crippen LogP contribution in [-0.4, -0.2) is 103 Å². The minimum atomic E-state index is -1.04. The van der Waals surface area contributed by atoms with Crippen molar-refractivity contribution in [3.63, 3.8) is 0 Å². The maximum absolute atomic E-state index is 12.3. The predicted molar refractivity (Wildman–Crippen MR) is 261 cm³/mol. The van der Waals surface area contributed by atoms with Gasteiger partial charge in [-0.25, -0.2) is 0 Å². The number of aromatic hydroxyl groups is 1. The summed E-state index contributed by atoms with van der Waals surface area (Å²) in [6, 6.07) is 7.90. The van der Waals surface area contributed by atoms with Crippen LogP contribution in [0.2, 0.25) is 0 Å². The average Bonchev–Trinajstić information content (AvgIpc) is 4.02. The number of benzene rings is 1. The molecule has 1 aromatic heterocycles. The number of nitrogens with two attached hydrogens (primary N) is 1. The first kappa shape index (κ1) is 48.4. The van der Waals surface area contributed by atoms with Gasteiger partial charge in [-0.05, 0) is 129 Å². The molecule has 1 saturated heterocycles. The van der Waals surface area contributed by atoms with Gasteiger partial charge in [0.25, 0.3) is 0 Å². The molecule has 1 aromatic carbocycles. The Labute approximate surface area is 394 Å². The number of nitrogens with one attached hydrogen (secondary N) is 3. The van der Waals surface area contributed by atoms with Crippen LogP contribution in [-0.2, 0) is 12.8 Å². The van der Waals surface area contributed by atoms with Crippen LogP contribution in [0.1, 0.15) is 107 Å². The Morgan fingerprint density at radius 3 is 2.57 bits per heavy atom. The molecule has 2 fully saturated rings. The van der Waals surface area contributed by atoms with Gasteiger partial charge in [0, 0.05) is 84.3 Å². The summed E-state index contributed by atoms with van der Waals surface area (Å²) < 4.78 is 6.89. The van der Waals surface area contributed by atoms with Crippen molar-refractivity contribution >= 4 is 21.6 Å². The Morgan fingerprint density at radius 1 is 0.985 bits per heavy atom. The highest BCUT2D eigenvalue weighted by molar-refractivity contribution is 8.76. The van der Waals surface area contributed by atoms with Gasteiger partial charge in [-0.3, -0.25) is 0 Å². The number of aromatic nitrogens is 1. The van der Waals surface area contributed by atoms with E-state index in [4.69, 9.17) is 10.5 Å². The third kappa shape index (κ3) is 11.3. The zero-order valence-electron chi connectivity index (χ0n) is 38.3. The third-order valence-electron chi connectivity index (χ3n) is 15.8. The smallest absolute Gasteiger partial charge is 0.161 e. The number of phenols is 1. The minimum Gasteiger partial charge on any atom is -0.504 e. The molecule has 13 heteroatoms. The normalized spacial score (nSPS) is 34.1. The van der Waals surface area contributed by atoms with Crippen molar-refractivity contribution in [3.8, 4) is 23.3 Å². The van der Waals surface area contributed by atoms with Gasteiger partial charge in [0.2, 0.25) is 0 Å². The standard InChI is InChI=1S/C52H74N4O7S2/c1-3-30-11-12-33-21-40-31(4-2)19-34-22-45(59)48(25-41(34)42(40)24-46(60)50(33)44(58)14-13-38(18-30)56-26-47(61)32-8-5-6-9-32)63-49-23-35(20-37-10-7-16-54-37)39-15-17-55-52(53)43(39)29-65-64-28-36(27-57)51(49)62/h7,10,15-16,21-22,25,30-33,35-36,38,42,44,46-47,49-51,54-62H,3-6,8-9,13-14,17-20,23-24,26-29,53H2,1-2H3. The molecule has 11 nitrogen and oxygen atoms in total. The molecule has 1 saturated carbocycles. The second-order valence-electron chi connectivity index (χ2n) is 19.8. The number of H-pyrrole nitrogens is 1. The van der Waals surface area contributed by atoms with E-state index in [9.17, 15) is 30.6 Å². The fourth-order valence-electron chi connectivity index (χ4n) is 11.9. The van der Waals surface area contributed by atoms with Crippen LogP contribution in [0.15, 0.2) is 65.2 Å². The lowest BCUT2D eigenvalue weighted by atomic mass is 9.70. The number of aliphatic hydroxyl groups is 5. The number of hydrogen-bond acceptors (Lipinski definition) is 12. The topological polar surface area (TPSA) is 196 Å². The molecule has 13 atom stereocenters. The first-order chi connectivity index (χ1) is 31.5. The van der Waals surface area contributed by atoms with Gasteiger partial charge >= 0.3 is 0 Å². The lowest BCUT2D eigenvalue weighted by molar-refractivity contribution is -0.0214. The van der Waals surface area contributed by atoms with Crippen LogP contribution in [0, 0.1) is 53.3 Å². The van der Waals surface area contributed by atoms with Crippen LogP contribution in [0.4, 0.5) is 0 Å². The van der Waals surface area contributed by atoms with Crippen LogP contribution < -0.4 is 21.1 Å². The number of aliphatic hydroxyl groups excluding tert-OH is 5. The summed E-state index contributed by atoms with van der Waals surface area (Å²) in [7, 11) is 3.27. The maximum atomic E-state index is 12.3. The first-order valence-electron chi connectivity index (χ1n) is 24.7. The second kappa shape index (κ2) is 22.4. The van der Waals surface area contributed by atoms with Gasteiger partial charge in [0.15, 0.2) is 11.5 Å². The quantitative estimate of drug-likeness (QED) is 0.0673. The van der Waals surface area contributed by atoms with Gasteiger partial charge < -0.3 is 56.7 Å². The number of fused-ring (bicyclic) bond motifs is 5. The molecular formula is C52H74N4O7S2. The Morgan fingerprint density at radius 2 is 1.82 bits per heavy atom. The fourth-order valence-corrected chi connectivity index (χ4v) is 14.4. The van der Waals surface area contributed by atoms with Crippen molar-refractivity contribution < 1.29 is 35.4 Å². The predicted octanol–water partition coefficient (Wildman–Crippen LogP) is 6.45. The molecule has 2 aliphatic heterocycles. The van der Waals surface area contributed by atoms with Crippen LogP contribution in [0.25, 0.3) is 0 Å². The number of allylic oxidation sites excluding steroid dienone is 3. The average molecular weight is 931 g/mol. The number of ether oxygens (including phenoxy) is 1. The lowest BCUT2D eigenvalue weighted by Gasteiger charge is -2.36. The molecular weight excluding hydrogens is 857 g/mol. The highest BCUT2D eigenvalue weighted by Gasteiger charge is 2.43. The van der Waals surface area contributed by atoms with Gasteiger partial charge in [-0.2, -0.15) is 0 Å². The van der Waals surface area contributed by atoms with E-state index in [1.807, 2.05) is 24.4 Å². The Bertz CT molecular complexity index is 2060. The van der Waals surface area contributed by atoms with E-state index in [1.165, 1.54) is 18.4 Å². The van der Waals surface area contributed by atoms with E-state index in [-0.39, 0.29) is 59.8 Å². The molecule has 13 unspecified atom stereocenters. The summed E-state index contributed by atoms with van der Waals surface area (Å²) in [5, 5.41) is 76.9. The molecule has 11 N–H and O–H groups in total. The highest BCUT2D eigenvalue weighted by atomic mass is 33.1. The SMILES string of the molecule is CCC1C#CC2C=C3C(CC)Cc4cc(O)c(OC5CC(Cc6ccc[nH]6)C6=CCNC(N)=C6CSSCC(CO)C5O)cc4C3CC(O)C2C(O)CCC(NCC(O)C2CCCC2)C1. The number of dihydropyridines is 1. The zero-order chi connectivity index (χ0) is 45.6. The Kier molecular flexibility index (Phi) is 16.7. The largest absolute Gasteiger partial charge is 0.504 e. The summed E-state index contributed by atoms with van der Waals surface area (Å²) in [5.41, 5.74) is 13.0. The van der Waals surface area contributed by atoms with Crippen molar-refractivity contribution in [2.24, 2.45) is 47.2 Å². The molecule has 356 valence electrons. The number of hydrogen-bond donors (Lipinski definition) is 10. The van der Waals surface area contributed by atoms with Gasteiger partial charge in [0.1, 0.15) is 11.9 Å². The van der Waals surface area contributed by atoms with Crippen LogP contribution in [0.3, 0.4) is 0 Å². The van der Waals surface area contributed by atoms with Crippen molar-refractivity contribution in [3.05, 3.63) is 82.0 Å². The molecule has 8 rings (SSSR count). The van der Waals surface area contributed by atoms with Crippen molar-refractivity contribution in [2.45, 2.75) is 140 Å². The van der Waals surface area contributed by atoms with E-state index in [2.05, 4.69) is 59.5 Å². The third-order valence-corrected chi connectivity index (χ3v) is 18.2. The van der Waals surface area contributed by atoms with Crippen molar-refractivity contribution in [1.82, 2.24) is 15.6 Å². The summed E-state index contributed by atoms with van der Waals surface area (Å²) in [6.07, 6.45) is 13.2. The zero-order valence-corrected chi connectivity index (χ0v) is 40.0. The number of aromatic amines is 1. The lowest BCUT2D eigenvalue weighted by Crippen LogP contribution is -2.42. The molecule has 2 aromatic rings. The van der Waals surface area contributed by atoms with E-state index < -0.39 is 36.3 Å². The van der Waals surface area contributed by atoms with Gasteiger partial charge in [-0.1, -0.05) is 77.8 Å². The van der Waals surface area contributed by atoms with Crippen LogP contribution in [0.5, 0.6) is 11.5 Å². The summed E-state index contributed by atoms with van der Waals surface area (Å²) in [6.45, 7) is 5.29. The molecule has 65 heavy (non-hydrogen) atoms. The molecule has 0 bridgehead atoms. The number of rotatable bonds is 11. The van der Waals surface area contributed by atoms with Crippen molar-refractivity contribution in [2.75, 3.05) is 31.2 Å². The summed E-state index contributed by atoms with van der Waals surface area (Å²) >= 11 is 0. The molecule has 0 amide bonds. The molecule has 0 spiro atoms. The summed E-state index contributed by atoms with van der Waals surface area (Å²) in [5.74, 6) is 8.47. The number of phenolic OH excluding ortho intramolecular Hbond substituents is 1. The van der Waals surface area contributed by atoms with Crippen LogP contribution >= 0.6 is 21.6 Å². The van der Waals surface area contributed by atoms with Crippen molar-refractivity contribution in [1.29, 1.82) is 0 Å². The maximum Gasteiger partial charge on any atom is 0.161 e. The van der Waals surface area contributed by atoms with Gasteiger partial charge in [0.05, 0.1) is 24.4 Å². The van der Waals surface area contributed by atoms with E-state index in [0.717, 1.165) is 66.5 Å². The molecule has 0 radical (unpaired) electrons. The molecule has 6 aliphatic rings. The second-order valence-corrected chi connectivity index (χ2v) is 22.4. The van der Waals surface area contributed by atoms with Gasteiger partial charge in [-0.15, -0.1) is 0 Å². The molecule has 3 heterocycles. The fraction of sp³-hybridized carbons (Fsp3) is 0.654. The Balaban J connectivity index is 1.10. The minimum absolute atomic E-state index is 0.000932.